The van der Waals surface area contributed by atoms with Crippen LogP contribution in [0, 0.1) is 6.92 Å². The lowest BCUT2D eigenvalue weighted by Crippen LogP contribution is -2.53. The first-order chi connectivity index (χ1) is 10.2. The number of carbonyl (C=O) groups excluding carboxylic acids is 1. The van der Waals surface area contributed by atoms with Crippen LogP contribution in [0.5, 0.6) is 0 Å². The molecule has 0 spiro atoms. The first-order valence-electron chi connectivity index (χ1n) is 7.06. The molecular weight excluding hydrogens is 299 g/mol. The van der Waals surface area contributed by atoms with Crippen LogP contribution in [-0.4, -0.2) is 58.8 Å². The number of aromatic nitrogens is 2. The molecule has 1 aliphatic rings. The van der Waals surface area contributed by atoms with Gasteiger partial charge in [0, 0.05) is 31.9 Å². The number of hydrazine groups is 1. The van der Waals surface area contributed by atoms with E-state index < -0.39 is 17.9 Å². The van der Waals surface area contributed by atoms with Gasteiger partial charge in [-0.25, -0.2) is 5.01 Å². The second kappa shape index (κ2) is 6.25. The van der Waals surface area contributed by atoms with Gasteiger partial charge >= 0.3 is 6.18 Å². The van der Waals surface area contributed by atoms with E-state index in [0.29, 0.717) is 18.8 Å². The summed E-state index contributed by atoms with van der Waals surface area (Å²) in [4.78, 5) is 14.3. The molecule has 1 aromatic heterocycles. The van der Waals surface area contributed by atoms with Crippen molar-refractivity contribution in [1.29, 1.82) is 0 Å². The molecule has 0 bridgehead atoms. The van der Waals surface area contributed by atoms with Crippen LogP contribution in [0.15, 0.2) is 6.07 Å². The Balaban J connectivity index is 2.03. The van der Waals surface area contributed by atoms with Crippen molar-refractivity contribution in [3.8, 4) is 0 Å². The predicted molar refractivity (Wildman–Crippen MR) is 73.9 cm³/mol. The van der Waals surface area contributed by atoms with Crippen molar-refractivity contribution in [2.75, 3.05) is 33.2 Å². The van der Waals surface area contributed by atoms with Crippen molar-refractivity contribution in [1.82, 2.24) is 25.1 Å². The summed E-state index contributed by atoms with van der Waals surface area (Å²) in [5, 5.41) is 5.29. The third-order valence-corrected chi connectivity index (χ3v) is 3.73. The number of aryl methyl sites for hydroxylation is 1. The zero-order valence-corrected chi connectivity index (χ0v) is 12.8. The minimum absolute atomic E-state index is 0.299. The molecule has 1 aromatic rings. The Bertz CT molecular complexity index is 534. The summed E-state index contributed by atoms with van der Waals surface area (Å²) in [5.74, 6) is -0.371. The van der Waals surface area contributed by atoms with Gasteiger partial charge in [0.1, 0.15) is 6.04 Å². The van der Waals surface area contributed by atoms with Crippen molar-refractivity contribution >= 4 is 5.91 Å². The highest BCUT2D eigenvalue weighted by molar-refractivity contribution is 5.79. The molecule has 0 radical (unpaired) electrons. The average Bonchev–Trinajstić information content (AvgIpc) is 2.82. The highest BCUT2D eigenvalue weighted by atomic mass is 19.4. The first-order valence-corrected chi connectivity index (χ1v) is 7.06. The lowest BCUT2D eigenvalue weighted by Gasteiger charge is -2.33. The molecule has 1 aliphatic heterocycles. The van der Waals surface area contributed by atoms with Gasteiger partial charge in [0.25, 0.3) is 5.91 Å². The van der Waals surface area contributed by atoms with Crippen LogP contribution in [0.4, 0.5) is 13.2 Å². The summed E-state index contributed by atoms with van der Waals surface area (Å²) in [6.45, 7) is 6.05. The number of carbonyl (C=O) groups is 1. The number of alkyl halides is 3. The monoisotopic (exact) mass is 319 g/mol. The second-order valence-electron chi connectivity index (χ2n) is 5.56. The third-order valence-electron chi connectivity index (χ3n) is 3.73. The molecule has 124 valence electrons. The van der Waals surface area contributed by atoms with Gasteiger partial charge < -0.3 is 4.90 Å². The largest absolute Gasteiger partial charge is 0.435 e. The third kappa shape index (κ3) is 3.77. The molecule has 2 heterocycles. The van der Waals surface area contributed by atoms with Crippen molar-refractivity contribution < 1.29 is 18.0 Å². The summed E-state index contributed by atoms with van der Waals surface area (Å²) in [7, 11) is 1.99. The summed E-state index contributed by atoms with van der Waals surface area (Å²) >= 11 is 0. The topological polar surface area (TPSA) is 53.4 Å². The highest BCUT2D eigenvalue weighted by Gasteiger charge is 2.35. The number of piperazine rings is 1. The molecule has 0 saturated carbocycles. The molecule has 1 saturated heterocycles. The minimum Gasteiger partial charge on any atom is -0.304 e. The molecule has 9 heteroatoms. The standard InChI is InChI=1S/C13H20F3N5O/c1-9-8-11(13(14,15)16)17-21(9)10(2)12(22)18-20-6-4-19(3)5-7-20/h8,10H,4-7H2,1-3H3,(H,18,22)/t10-/m1/s1. The number of halogens is 3. The number of nitrogens with one attached hydrogen (secondary N) is 1. The van der Waals surface area contributed by atoms with Crippen LogP contribution in [0.3, 0.4) is 0 Å². The van der Waals surface area contributed by atoms with E-state index in [9.17, 15) is 18.0 Å². The van der Waals surface area contributed by atoms with E-state index in [2.05, 4.69) is 15.4 Å². The van der Waals surface area contributed by atoms with Gasteiger partial charge in [-0.15, -0.1) is 0 Å². The van der Waals surface area contributed by atoms with E-state index in [1.54, 1.807) is 5.01 Å². The minimum atomic E-state index is -4.51. The summed E-state index contributed by atoms with van der Waals surface area (Å²) < 4.78 is 39.1. The van der Waals surface area contributed by atoms with E-state index in [-0.39, 0.29) is 5.91 Å². The molecule has 6 nitrogen and oxygen atoms in total. The van der Waals surface area contributed by atoms with E-state index in [0.717, 1.165) is 23.8 Å². The molecule has 1 atom stereocenters. The molecule has 0 unspecified atom stereocenters. The van der Waals surface area contributed by atoms with Gasteiger partial charge in [0.15, 0.2) is 5.69 Å². The Labute approximate surface area is 126 Å². The molecule has 0 aromatic carbocycles. The number of nitrogens with zero attached hydrogens (tertiary/aromatic N) is 4. The lowest BCUT2D eigenvalue weighted by molar-refractivity contribution is -0.142. The molecule has 1 amide bonds. The van der Waals surface area contributed by atoms with Gasteiger partial charge in [-0.05, 0) is 27.0 Å². The van der Waals surface area contributed by atoms with E-state index >= 15 is 0 Å². The molecule has 1 fully saturated rings. The Kier molecular flexibility index (Phi) is 4.76. The van der Waals surface area contributed by atoms with Crippen LogP contribution in [0.1, 0.15) is 24.4 Å². The predicted octanol–water partition coefficient (Wildman–Crippen LogP) is 1.05. The van der Waals surface area contributed by atoms with Crippen LogP contribution in [0.25, 0.3) is 0 Å². The fourth-order valence-corrected chi connectivity index (χ4v) is 2.30. The van der Waals surface area contributed by atoms with Crippen molar-refractivity contribution in [3.63, 3.8) is 0 Å². The summed E-state index contributed by atoms with van der Waals surface area (Å²) in [6, 6.07) is 0.135. The first kappa shape index (κ1) is 16.8. The fraction of sp³-hybridized carbons (Fsp3) is 0.692. The van der Waals surface area contributed by atoms with Gasteiger partial charge in [-0.3, -0.25) is 14.9 Å². The molecule has 2 rings (SSSR count). The quantitative estimate of drug-likeness (QED) is 0.905. The van der Waals surface area contributed by atoms with Crippen LogP contribution >= 0.6 is 0 Å². The van der Waals surface area contributed by atoms with Crippen LogP contribution < -0.4 is 5.43 Å². The number of amides is 1. The van der Waals surface area contributed by atoms with Gasteiger partial charge in [0.2, 0.25) is 0 Å². The number of hydrogen-bond acceptors (Lipinski definition) is 4. The lowest BCUT2D eigenvalue weighted by atomic mass is 10.3. The maximum atomic E-state index is 12.7. The highest BCUT2D eigenvalue weighted by Crippen LogP contribution is 2.29. The summed E-state index contributed by atoms with van der Waals surface area (Å²) in [5.41, 5.74) is 2.06. The van der Waals surface area contributed by atoms with Crippen LogP contribution in [-0.2, 0) is 11.0 Å². The zero-order valence-electron chi connectivity index (χ0n) is 12.8. The van der Waals surface area contributed by atoms with Gasteiger partial charge in [-0.2, -0.15) is 18.3 Å². The summed E-state index contributed by atoms with van der Waals surface area (Å²) in [6.07, 6.45) is -4.51. The molecular formula is C13H20F3N5O. The van der Waals surface area contributed by atoms with E-state index in [1.165, 1.54) is 13.8 Å². The zero-order chi connectivity index (χ0) is 16.5. The average molecular weight is 319 g/mol. The Morgan fingerprint density at radius 3 is 2.41 bits per heavy atom. The van der Waals surface area contributed by atoms with E-state index in [4.69, 9.17) is 0 Å². The molecule has 0 aliphatic carbocycles. The van der Waals surface area contributed by atoms with Gasteiger partial charge in [-0.1, -0.05) is 0 Å². The number of hydrogen-bond donors (Lipinski definition) is 1. The SMILES string of the molecule is Cc1cc(C(F)(F)F)nn1[C@H](C)C(=O)NN1CCN(C)CC1. The van der Waals surface area contributed by atoms with Crippen molar-refractivity contribution in [3.05, 3.63) is 17.5 Å². The van der Waals surface area contributed by atoms with Crippen molar-refractivity contribution in [2.24, 2.45) is 0 Å². The normalized spacial score (nSPS) is 19.2. The Hall–Kier alpha value is -1.61. The van der Waals surface area contributed by atoms with E-state index in [1.807, 2.05) is 7.05 Å². The number of likely N-dealkylation sites (N-methyl/N-ethyl adjacent to an activating group) is 1. The Morgan fingerprint density at radius 1 is 1.32 bits per heavy atom. The second-order valence-corrected chi connectivity index (χ2v) is 5.56. The fourth-order valence-electron chi connectivity index (χ4n) is 2.30. The maximum Gasteiger partial charge on any atom is 0.435 e. The van der Waals surface area contributed by atoms with Crippen LogP contribution in [0.2, 0.25) is 0 Å². The molecule has 1 N–H and O–H groups in total. The van der Waals surface area contributed by atoms with Crippen molar-refractivity contribution in [2.45, 2.75) is 26.1 Å². The Morgan fingerprint density at radius 2 is 1.91 bits per heavy atom. The smallest absolute Gasteiger partial charge is 0.304 e. The molecule has 22 heavy (non-hydrogen) atoms. The number of rotatable bonds is 3. The van der Waals surface area contributed by atoms with Gasteiger partial charge in [0.05, 0.1) is 0 Å². The maximum absolute atomic E-state index is 12.7.